The third-order valence-electron chi connectivity index (χ3n) is 5.13. The summed E-state index contributed by atoms with van der Waals surface area (Å²) >= 11 is 0. The van der Waals surface area contributed by atoms with E-state index in [9.17, 15) is 18.0 Å². The number of furan rings is 1. The van der Waals surface area contributed by atoms with Crippen LogP contribution in [0.1, 0.15) is 46.9 Å². The van der Waals surface area contributed by atoms with Crippen LogP contribution >= 0.6 is 0 Å². The number of rotatable bonds is 9. The van der Waals surface area contributed by atoms with E-state index in [1.807, 2.05) is 0 Å². The van der Waals surface area contributed by atoms with Crippen LogP contribution in [0.15, 0.2) is 52.0 Å². The maximum atomic E-state index is 13.6. The number of carbonyl (C=O) groups excluding carboxylic acids is 2. The van der Waals surface area contributed by atoms with Crippen LogP contribution in [0.4, 0.5) is 5.69 Å². The Morgan fingerprint density at radius 1 is 1.12 bits per heavy atom. The van der Waals surface area contributed by atoms with Crippen LogP contribution in [0.25, 0.3) is 0 Å². The number of carbonyl (C=O) groups is 2. The number of aryl methyl sites for hydroxylation is 1. The summed E-state index contributed by atoms with van der Waals surface area (Å²) in [6.07, 6.45) is 1.48. The van der Waals surface area contributed by atoms with Crippen molar-refractivity contribution < 1.29 is 27.2 Å². The lowest BCUT2D eigenvalue weighted by Gasteiger charge is -2.22. The number of anilines is 1. The monoisotopic (exact) mass is 473 g/mol. The molecular weight excluding hydrogens is 446 g/mol. The molecular formula is C23H27N3O6S. The fourth-order valence-electron chi connectivity index (χ4n) is 3.47. The molecule has 0 saturated heterocycles. The second-order valence-electron chi connectivity index (χ2n) is 7.51. The first kappa shape index (κ1) is 24.3. The van der Waals surface area contributed by atoms with E-state index in [-0.39, 0.29) is 30.5 Å². The number of sulfonamides is 1. The van der Waals surface area contributed by atoms with Crippen molar-refractivity contribution in [2.45, 2.75) is 45.7 Å². The summed E-state index contributed by atoms with van der Waals surface area (Å²) in [6.45, 7) is 6.89. The van der Waals surface area contributed by atoms with Gasteiger partial charge in [-0.1, -0.05) is 0 Å². The van der Waals surface area contributed by atoms with Gasteiger partial charge in [-0.2, -0.15) is 4.31 Å². The Morgan fingerprint density at radius 3 is 2.39 bits per heavy atom. The third-order valence-corrected chi connectivity index (χ3v) is 6.94. The van der Waals surface area contributed by atoms with Crippen molar-refractivity contribution in [3.63, 3.8) is 0 Å². The van der Waals surface area contributed by atoms with Gasteiger partial charge in [-0.05, 0) is 68.3 Å². The average Bonchev–Trinajstić information content (AvgIpc) is 3.36. The molecule has 0 radical (unpaired) electrons. The molecule has 0 aliphatic carbocycles. The summed E-state index contributed by atoms with van der Waals surface area (Å²) in [6, 6.07) is 9.33. The molecule has 10 heteroatoms. The number of esters is 1. The molecule has 0 bridgehead atoms. The highest BCUT2D eigenvalue weighted by molar-refractivity contribution is 7.89. The van der Waals surface area contributed by atoms with Crippen LogP contribution in [-0.2, 0) is 32.6 Å². The molecule has 2 heterocycles. The lowest BCUT2D eigenvalue weighted by Crippen LogP contribution is -2.30. The molecule has 176 valence electrons. The Bertz CT molecular complexity index is 1230. The molecule has 0 spiro atoms. The van der Waals surface area contributed by atoms with Gasteiger partial charge in [0, 0.05) is 24.8 Å². The minimum Gasteiger partial charge on any atom is -0.468 e. The van der Waals surface area contributed by atoms with E-state index >= 15 is 0 Å². The van der Waals surface area contributed by atoms with Gasteiger partial charge in [-0.25, -0.2) is 13.2 Å². The summed E-state index contributed by atoms with van der Waals surface area (Å²) in [7, 11) is -3.94. The van der Waals surface area contributed by atoms with Crippen molar-refractivity contribution in [2.75, 3.05) is 11.9 Å². The highest BCUT2D eigenvalue weighted by Crippen LogP contribution is 2.27. The Morgan fingerprint density at radius 2 is 1.82 bits per heavy atom. The largest absolute Gasteiger partial charge is 0.468 e. The van der Waals surface area contributed by atoms with Gasteiger partial charge in [-0.3, -0.25) is 4.79 Å². The molecule has 1 aromatic carbocycles. The molecule has 0 aliphatic heterocycles. The van der Waals surface area contributed by atoms with Crippen LogP contribution < -0.4 is 5.32 Å². The van der Waals surface area contributed by atoms with Gasteiger partial charge in [0.15, 0.2) is 0 Å². The van der Waals surface area contributed by atoms with Gasteiger partial charge in [0.25, 0.3) is 0 Å². The number of hydrogen-bond donors (Lipinski definition) is 2. The molecule has 2 aromatic heterocycles. The van der Waals surface area contributed by atoms with E-state index < -0.39 is 16.0 Å². The van der Waals surface area contributed by atoms with Gasteiger partial charge in [0.05, 0.1) is 24.3 Å². The van der Waals surface area contributed by atoms with Gasteiger partial charge in [0.2, 0.25) is 15.9 Å². The number of benzene rings is 1. The molecule has 0 fully saturated rings. The molecule has 0 atom stereocenters. The third kappa shape index (κ3) is 5.52. The van der Waals surface area contributed by atoms with Crippen LogP contribution in [0, 0.1) is 13.8 Å². The average molecular weight is 474 g/mol. The number of aromatic amines is 1. The number of amides is 1. The summed E-state index contributed by atoms with van der Waals surface area (Å²) in [5.74, 6) is -0.260. The minimum absolute atomic E-state index is 0.00157. The molecule has 9 nitrogen and oxygen atoms in total. The standard InChI is InChI=1S/C23H27N3O6S/c1-5-31-23(28)22-15(2)21(16(3)24-22)14-26(13-19-7-6-12-32-19)33(29,30)20-10-8-18(9-11-20)25-17(4)27/h6-12,24H,5,13-14H2,1-4H3,(H,25,27). The quantitative estimate of drug-likeness (QED) is 0.457. The maximum absolute atomic E-state index is 13.6. The van der Waals surface area contributed by atoms with Gasteiger partial charge >= 0.3 is 5.97 Å². The van der Waals surface area contributed by atoms with Crippen molar-refractivity contribution in [1.82, 2.24) is 9.29 Å². The highest BCUT2D eigenvalue weighted by atomic mass is 32.2. The first-order valence-electron chi connectivity index (χ1n) is 10.4. The van der Waals surface area contributed by atoms with Gasteiger partial charge < -0.3 is 19.5 Å². The molecule has 0 aliphatic rings. The molecule has 3 rings (SSSR count). The van der Waals surface area contributed by atoms with Crippen LogP contribution in [0.5, 0.6) is 0 Å². The van der Waals surface area contributed by atoms with Crippen molar-refractivity contribution >= 4 is 27.6 Å². The zero-order valence-electron chi connectivity index (χ0n) is 19.0. The van der Waals surface area contributed by atoms with Crippen LogP contribution in [0.2, 0.25) is 0 Å². The Hall–Kier alpha value is -3.37. The number of H-pyrrole nitrogens is 1. The van der Waals surface area contributed by atoms with E-state index in [1.54, 1.807) is 32.9 Å². The van der Waals surface area contributed by atoms with Crippen molar-refractivity contribution in [3.05, 3.63) is 70.9 Å². The Balaban J connectivity index is 1.97. The molecule has 2 N–H and O–H groups in total. The normalized spacial score (nSPS) is 11.5. The first-order valence-corrected chi connectivity index (χ1v) is 11.8. The SMILES string of the molecule is CCOC(=O)c1[nH]c(C)c(CN(Cc2ccco2)S(=O)(=O)c2ccc(NC(C)=O)cc2)c1C. The second-order valence-corrected chi connectivity index (χ2v) is 9.44. The smallest absolute Gasteiger partial charge is 0.355 e. The minimum atomic E-state index is -3.94. The van der Waals surface area contributed by atoms with E-state index in [0.29, 0.717) is 34.0 Å². The van der Waals surface area contributed by atoms with Crippen molar-refractivity contribution in [2.24, 2.45) is 0 Å². The van der Waals surface area contributed by atoms with E-state index in [0.717, 1.165) is 0 Å². The molecule has 0 saturated carbocycles. The van der Waals surface area contributed by atoms with Crippen LogP contribution in [0.3, 0.4) is 0 Å². The zero-order chi connectivity index (χ0) is 24.2. The summed E-state index contributed by atoms with van der Waals surface area (Å²) < 4.78 is 38.9. The number of nitrogens with zero attached hydrogens (tertiary/aromatic N) is 1. The lowest BCUT2D eigenvalue weighted by molar-refractivity contribution is -0.114. The lowest BCUT2D eigenvalue weighted by atomic mass is 10.1. The molecule has 33 heavy (non-hydrogen) atoms. The van der Waals surface area contributed by atoms with E-state index in [4.69, 9.17) is 9.15 Å². The fraction of sp³-hybridized carbons (Fsp3) is 0.304. The predicted molar refractivity (Wildman–Crippen MR) is 122 cm³/mol. The molecule has 0 unspecified atom stereocenters. The van der Waals surface area contributed by atoms with Gasteiger partial charge in [-0.15, -0.1) is 0 Å². The topological polar surface area (TPSA) is 122 Å². The predicted octanol–water partition coefficient (Wildman–Crippen LogP) is 3.75. The van der Waals surface area contributed by atoms with Crippen LogP contribution in [-0.4, -0.2) is 36.2 Å². The number of hydrogen-bond acceptors (Lipinski definition) is 6. The zero-order valence-corrected chi connectivity index (χ0v) is 19.8. The number of aromatic nitrogens is 1. The Kier molecular flexibility index (Phi) is 7.39. The molecule has 1 amide bonds. The second kappa shape index (κ2) is 10.1. The highest BCUT2D eigenvalue weighted by Gasteiger charge is 2.29. The number of nitrogens with one attached hydrogen (secondary N) is 2. The fourth-order valence-corrected chi connectivity index (χ4v) is 4.85. The van der Waals surface area contributed by atoms with E-state index in [1.165, 1.54) is 41.8 Å². The van der Waals surface area contributed by atoms with Crippen molar-refractivity contribution in [1.29, 1.82) is 0 Å². The van der Waals surface area contributed by atoms with Crippen molar-refractivity contribution in [3.8, 4) is 0 Å². The summed E-state index contributed by atoms with van der Waals surface area (Å²) in [4.78, 5) is 26.6. The number of ether oxygens (including phenoxy) is 1. The summed E-state index contributed by atoms with van der Waals surface area (Å²) in [5, 5.41) is 2.62. The first-order chi connectivity index (χ1) is 15.6. The van der Waals surface area contributed by atoms with E-state index in [2.05, 4.69) is 10.3 Å². The van der Waals surface area contributed by atoms with Gasteiger partial charge in [0.1, 0.15) is 11.5 Å². The summed E-state index contributed by atoms with van der Waals surface area (Å²) in [5.41, 5.74) is 2.79. The maximum Gasteiger partial charge on any atom is 0.355 e. The molecule has 3 aromatic rings. The Labute approximate surface area is 192 Å².